The zero-order valence-electron chi connectivity index (χ0n) is 12.0. The number of carbonyl (C=O) groups is 1. The first-order valence-corrected chi connectivity index (χ1v) is 8.10. The summed E-state index contributed by atoms with van der Waals surface area (Å²) < 4.78 is 0. The number of carboxylic acids is 1. The molecule has 1 N–H and O–H groups in total. The number of carboxylic acid groups (broad SMARTS) is 1. The van der Waals surface area contributed by atoms with Gasteiger partial charge < -0.3 is 10.0 Å². The number of aliphatic carboxylic acids is 1. The molecule has 1 saturated heterocycles. The Morgan fingerprint density at radius 3 is 1.95 bits per heavy atom. The van der Waals surface area contributed by atoms with E-state index >= 15 is 0 Å². The highest BCUT2D eigenvalue weighted by molar-refractivity contribution is 5.75. The van der Waals surface area contributed by atoms with Crippen LogP contribution in [0.15, 0.2) is 0 Å². The largest absolute Gasteiger partial charge is 0.481 e. The van der Waals surface area contributed by atoms with Gasteiger partial charge in [-0.15, -0.1) is 0 Å². The Balaban J connectivity index is 1.56. The molecule has 1 spiro atoms. The van der Waals surface area contributed by atoms with E-state index in [0.717, 1.165) is 32.2 Å². The highest BCUT2D eigenvalue weighted by atomic mass is 16.4. The van der Waals surface area contributed by atoms with Gasteiger partial charge in [-0.1, -0.05) is 38.5 Å². The fourth-order valence-electron chi connectivity index (χ4n) is 4.73. The molecule has 1 heterocycles. The van der Waals surface area contributed by atoms with Crippen molar-refractivity contribution in [1.29, 1.82) is 0 Å². The van der Waals surface area contributed by atoms with Gasteiger partial charge in [0.1, 0.15) is 0 Å². The maximum absolute atomic E-state index is 11.6. The summed E-state index contributed by atoms with van der Waals surface area (Å²) in [5, 5.41) is 9.55. The second kappa shape index (κ2) is 5.08. The van der Waals surface area contributed by atoms with E-state index in [2.05, 4.69) is 4.90 Å². The normalized spacial score (nSPS) is 29.9. The van der Waals surface area contributed by atoms with Crippen molar-refractivity contribution in [2.24, 2.45) is 10.8 Å². The maximum atomic E-state index is 11.6. The van der Waals surface area contributed by atoms with E-state index in [9.17, 15) is 9.90 Å². The Bertz CT molecular complexity index is 331. The third-order valence-electron chi connectivity index (χ3n) is 5.82. The van der Waals surface area contributed by atoms with Gasteiger partial charge in [0.2, 0.25) is 0 Å². The van der Waals surface area contributed by atoms with Gasteiger partial charge in [0, 0.05) is 19.6 Å². The monoisotopic (exact) mass is 265 g/mol. The van der Waals surface area contributed by atoms with Gasteiger partial charge in [0.15, 0.2) is 0 Å². The van der Waals surface area contributed by atoms with Crippen LogP contribution >= 0.6 is 0 Å². The van der Waals surface area contributed by atoms with Crippen molar-refractivity contribution in [2.75, 3.05) is 19.6 Å². The van der Waals surface area contributed by atoms with Crippen LogP contribution in [0.3, 0.4) is 0 Å². The third kappa shape index (κ3) is 2.54. The quantitative estimate of drug-likeness (QED) is 0.851. The fraction of sp³-hybridized carbons (Fsp3) is 0.938. The Morgan fingerprint density at radius 1 is 0.895 bits per heavy atom. The van der Waals surface area contributed by atoms with Gasteiger partial charge in [0.05, 0.1) is 5.41 Å². The Kier molecular flexibility index (Phi) is 3.59. The summed E-state index contributed by atoms with van der Waals surface area (Å²) in [6.45, 7) is 3.15. The molecule has 1 aliphatic heterocycles. The van der Waals surface area contributed by atoms with Gasteiger partial charge in [-0.2, -0.15) is 0 Å². The van der Waals surface area contributed by atoms with Crippen LogP contribution in [0.5, 0.6) is 0 Å². The van der Waals surface area contributed by atoms with Crippen LogP contribution in [0.1, 0.15) is 64.2 Å². The summed E-state index contributed by atoms with van der Waals surface area (Å²) in [4.78, 5) is 14.0. The van der Waals surface area contributed by atoms with Gasteiger partial charge >= 0.3 is 5.97 Å². The minimum atomic E-state index is -0.549. The molecule has 0 amide bonds. The molecule has 3 fully saturated rings. The van der Waals surface area contributed by atoms with Crippen LogP contribution in [0.25, 0.3) is 0 Å². The van der Waals surface area contributed by atoms with Crippen LogP contribution in [-0.4, -0.2) is 35.6 Å². The standard InChI is InChI=1S/C16H27NO2/c18-14(19)16(9-5-6-10-16)13-17-11-15(12-17)7-3-1-2-4-8-15/h1-13H2,(H,18,19). The molecule has 108 valence electrons. The molecule has 0 bridgehead atoms. The third-order valence-corrected chi connectivity index (χ3v) is 5.82. The number of hydrogen-bond acceptors (Lipinski definition) is 2. The first-order valence-electron chi connectivity index (χ1n) is 8.10. The molecule has 0 aromatic heterocycles. The van der Waals surface area contributed by atoms with Crippen molar-refractivity contribution in [3.05, 3.63) is 0 Å². The fourth-order valence-corrected chi connectivity index (χ4v) is 4.73. The SMILES string of the molecule is O=C(O)C1(CN2CC3(CCCCCC3)C2)CCCC1. The van der Waals surface area contributed by atoms with Gasteiger partial charge in [-0.3, -0.25) is 4.79 Å². The minimum absolute atomic E-state index is 0.410. The van der Waals surface area contributed by atoms with Crippen LogP contribution in [0.4, 0.5) is 0 Å². The van der Waals surface area contributed by atoms with E-state index in [1.807, 2.05) is 0 Å². The van der Waals surface area contributed by atoms with Crippen molar-refractivity contribution in [1.82, 2.24) is 4.90 Å². The van der Waals surface area contributed by atoms with Crippen LogP contribution in [0.2, 0.25) is 0 Å². The topological polar surface area (TPSA) is 40.5 Å². The molecule has 3 heteroatoms. The van der Waals surface area contributed by atoms with E-state index < -0.39 is 11.4 Å². The molecule has 19 heavy (non-hydrogen) atoms. The van der Waals surface area contributed by atoms with E-state index in [4.69, 9.17) is 0 Å². The lowest BCUT2D eigenvalue weighted by Crippen LogP contribution is -2.59. The molecule has 0 radical (unpaired) electrons. The predicted molar refractivity (Wildman–Crippen MR) is 75.1 cm³/mol. The second-order valence-corrected chi connectivity index (χ2v) is 7.35. The Labute approximate surface area is 116 Å². The summed E-state index contributed by atoms with van der Waals surface area (Å²) in [7, 11) is 0. The average Bonchev–Trinajstić information content (AvgIpc) is 2.67. The summed E-state index contributed by atoms with van der Waals surface area (Å²) in [5.41, 5.74) is 0.154. The molecule has 0 unspecified atom stereocenters. The number of likely N-dealkylation sites (tertiary alicyclic amines) is 1. The smallest absolute Gasteiger partial charge is 0.310 e. The highest BCUT2D eigenvalue weighted by Gasteiger charge is 2.48. The van der Waals surface area contributed by atoms with Crippen molar-refractivity contribution in [3.8, 4) is 0 Å². The lowest BCUT2D eigenvalue weighted by Gasteiger charge is -2.52. The second-order valence-electron chi connectivity index (χ2n) is 7.35. The number of rotatable bonds is 3. The first-order chi connectivity index (χ1) is 9.14. The molecule has 2 saturated carbocycles. The average molecular weight is 265 g/mol. The molecule has 2 aliphatic carbocycles. The van der Waals surface area contributed by atoms with Crippen LogP contribution in [0, 0.1) is 10.8 Å². The van der Waals surface area contributed by atoms with E-state index in [1.54, 1.807) is 0 Å². The van der Waals surface area contributed by atoms with E-state index in [-0.39, 0.29) is 0 Å². The predicted octanol–water partition coefficient (Wildman–Crippen LogP) is 3.29. The molecule has 0 atom stereocenters. The summed E-state index contributed by atoms with van der Waals surface area (Å²) >= 11 is 0. The van der Waals surface area contributed by atoms with Crippen LogP contribution < -0.4 is 0 Å². The lowest BCUT2D eigenvalue weighted by atomic mass is 9.72. The van der Waals surface area contributed by atoms with Crippen molar-refractivity contribution in [3.63, 3.8) is 0 Å². The van der Waals surface area contributed by atoms with Crippen molar-refractivity contribution >= 4 is 5.97 Å². The zero-order chi connectivity index (χ0) is 13.3. The molecule has 3 nitrogen and oxygen atoms in total. The Morgan fingerprint density at radius 2 is 1.42 bits per heavy atom. The summed E-state index contributed by atoms with van der Waals surface area (Å²) in [6.07, 6.45) is 12.3. The van der Waals surface area contributed by atoms with Crippen LogP contribution in [-0.2, 0) is 4.79 Å². The molecule has 0 aromatic rings. The number of hydrogen-bond donors (Lipinski definition) is 1. The summed E-state index contributed by atoms with van der Waals surface area (Å²) in [5.74, 6) is -0.549. The highest BCUT2D eigenvalue weighted by Crippen LogP contribution is 2.46. The van der Waals surface area contributed by atoms with Crippen molar-refractivity contribution < 1.29 is 9.90 Å². The van der Waals surface area contributed by atoms with Gasteiger partial charge in [-0.05, 0) is 31.1 Å². The van der Waals surface area contributed by atoms with Gasteiger partial charge in [0.25, 0.3) is 0 Å². The molecular formula is C16H27NO2. The minimum Gasteiger partial charge on any atom is -0.481 e. The maximum Gasteiger partial charge on any atom is 0.310 e. The van der Waals surface area contributed by atoms with E-state index in [1.165, 1.54) is 51.6 Å². The zero-order valence-corrected chi connectivity index (χ0v) is 12.0. The Hall–Kier alpha value is -0.570. The number of nitrogens with zero attached hydrogens (tertiary/aromatic N) is 1. The molecule has 3 rings (SSSR count). The summed E-state index contributed by atoms with van der Waals surface area (Å²) in [6, 6.07) is 0. The molecule has 3 aliphatic rings. The van der Waals surface area contributed by atoms with Gasteiger partial charge in [-0.25, -0.2) is 0 Å². The molecule has 0 aromatic carbocycles. The van der Waals surface area contributed by atoms with Crippen molar-refractivity contribution in [2.45, 2.75) is 64.2 Å². The lowest BCUT2D eigenvalue weighted by molar-refractivity contribution is -0.152. The van der Waals surface area contributed by atoms with E-state index in [0.29, 0.717) is 5.41 Å². The molecular weight excluding hydrogens is 238 g/mol. The first kappa shape index (κ1) is 13.4.